The number of carbonyl (C=O) groups excluding carboxylic acids is 1. The highest BCUT2D eigenvalue weighted by atomic mass is 32.2. The fourth-order valence-electron chi connectivity index (χ4n) is 2.10. The predicted octanol–water partition coefficient (Wildman–Crippen LogP) is 2.46. The van der Waals surface area contributed by atoms with Crippen LogP contribution in [0.25, 0.3) is 10.2 Å². The van der Waals surface area contributed by atoms with Gasteiger partial charge in [0, 0.05) is 4.88 Å². The lowest BCUT2D eigenvalue weighted by atomic mass is 9.98. The summed E-state index contributed by atoms with van der Waals surface area (Å²) in [5.41, 5.74) is 6.08. The molecule has 0 radical (unpaired) electrons. The van der Waals surface area contributed by atoms with Crippen LogP contribution < -0.4 is 11.3 Å². The molecule has 0 saturated heterocycles. The highest BCUT2D eigenvalue weighted by Crippen LogP contribution is 2.30. The molecule has 1 atom stereocenters. The van der Waals surface area contributed by atoms with Crippen molar-refractivity contribution in [3.63, 3.8) is 0 Å². The van der Waals surface area contributed by atoms with Gasteiger partial charge in [-0.15, -0.1) is 11.3 Å². The van der Waals surface area contributed by atoms with Crippen LogP contribution in [0, 0.1) is 12.8 Å². The van der Waals surface area contributed by atoms with Gasteiger partial charge in [-0.3, -0.25) is 9.59 Å². The molecule has 0 bridgehead atoms. The number of aromatic nitrogens is 2. The fraction of sp³-hybridized carbons (Fsp3) is 0.500. The van der Waals surface area contributed by atoms with Gasteiger partial charge in [0.1, 0.15) is 4.83 Å². The second-order valence-corrected chi connectivity index (χ2v) is 7.33. The first-order valence-electron chi connectivity index (χ1n) is 6.85. The smallest absolute Gasteiger partial charge is 0.260 e. The number of aryl methyl sites for hydroxylation is 1. The van der Waals surface area contributed by atoms with E-state index in [1.807, 2.05) is 6.92 Å². The van der Waals surface area contributed by atoms with Gasteiger partial charge < -0.3 is 10.7 Å². The van der Waals surface area contributed by atoms with Crippen LogP contribution in [-0.4, -0.2) is 21.6 Å². The van der Waals surface area contributed by atoms with Crippen molar-refractivity contribution in [3.05, 3.63) is 20.8 Å². The van der Waals surface area contributed by atoms with Crippen LogP contribution in [0.4, 0.5) is 0 Å². The van der Waals surface area contributed by atoms with Crippen molar-refractivity contribution in [2.24, 2.45) is 11.7 Å². The minimum Gasteiger partial charge on any atom is -0.369 e. The maximum atomic E-state index is 12.3. The molecule has 0 aliphatic heterocycles. The van der Waals surface area contributed by atoms with Gasteiger partial charge in [0.05, 0.1) is 11.1 Å². The van der Waals surface area contributed by atoms with Crippen LogP contribution in [0.15, 0.2) is 9.95 Å². The van der Waals surface area contributed by atoms with Crippen LogP contribution in [0.5, 0.6) is 0 Å². The quantitative estimate of drug-likeness (QED) is 0.631. The SMILES string of the molecule is CC[C@H](C)Cc1c(C)sc2nc(SCC(N)=O)[nH]c(=O)c12. The number of H-pyrrole nitrogens is 1. The second kappa shape index (κ2) is 6.62. The third-order valence-electron chi connectivity index (χ3n) is 3.44. The average Bonchev–Trinajstić information content (AvgIpc) is 2.73. The average molecular weight is 325 g/mol. The molecule has 0 aliphatic rings. The van der Waals surface area contributed by atoms with Gasteiger partial charge >= 0.3 is 0 Å². The number of fused-ring (bicyclic) bond motifs is 1. The number of nitrogens with two attached hydrogens (primary N) is 1. The third-order valence-corrected chi connectivity index (χ3v) is 5.38. The normalized spacial score (nSPS) is 12.7. The van der Waals surface area contributed by atoms with Crippen LogP contribution in [0.1, 0.15) is 30.7 Å². The summed E-state index contributed by atoms with van der Waals surface area (Å²) in [7, 11) is 0. The van der Waals surface area contributed by atoms with E-state index in [-0.39, 0.29) is 11.3 Å². The van der Waals surface area contributed by atoms with Crippen LogP contribution in [0.2, 0.25) is 0 Å². The van der Waals surface area contributed by atoms with E-state index in [9.17, 15) is 9.59 Å². The number of amides is 1. The van der Waals surface area contributed by atoms with E-state index in [4.69, 9.17) is 5.73 Å². The Balaban J connectivity index is 2.43. The number of carbonyl (C=O) groups is 1. The first kappa shape index (κ1) is 16.0. The highest BCUT2D eigenvalue weighted by molar-refractivity contribution is 7.99. The molecule has 2 aromatic rings. The Morgan fingerprint density at radius 3 is 2.86 bits per heavy atom. The summed E-state index contributed by atoms with van der Waals surface area (Å²) in [6, 6.07) is 0. The Bertz CT molecular complexity index is 721. The summed E-state index contributed by atoms with van der Waals surface area (Å²) in [5, 5.41) is 1.14. The Labute approximate surface area is 131 Å². The topological polar surface area (TPSA) is 88.8 Å². The summed E-state index contributed by atoms with van der Waals surface area (Å²) in [4.78, 5) is 32.2. The minimum absolute atomic E-state index is 0.110. The number of thiophene rings is 1. The number of hydrogen-bond acceptors (Lipinski definition) is 5. The molecule has 0 unspecified atom stereocenters. The Morgan fingerprint density at radius 2 is 2.24 bits per heavy atom. The third kappa shape index (κ3) is 3.65. The molecule has 2 aromatic heterocycles. The van der Waals surface area contributed by atoms with Gasteiger partial charge in [-0.25, -0.2) is 4.98 Å². The van der Waals surface area contributed by atoms with Gasteiger partial charge in [-0.1, -0.05) is 32.0 Å². The van der Waals surface area contributed by atoms with Gasteiger partial charge in [0.2, 0.25) is 5.91 Å². The number of aromatic amines is 1. The number of nitrogens with zero attached hydrogens (tertiary/aromatic N) is 1. The lowest BCUT2D eigenvalue weighted by molar-refractivity contribution is -0.115. The van der Waals surface area contributed by atoms with Crippen molar-refractivity contribution < 1.29 is 4.79 Å². The molecule has 1 amide bonds. The molecule has 0 spiro atoms. The Kier molecular flexibility index (Phi) is 5.05. The van der Waals surface area contributed by atoms with E-state index >= 15 is 0 Å². The maximum absolute atomic E-state index is 12.3. The zero-order valence-corrected chi connectivity index (χ0v) is 14.0. The zero-order valence-electron chi connectivity index (χ0n) is 12.4. The molecular weight excluding hydrogens is 306 g/mol. The second-order valence-electron chi connectivity index (χ2n) is 5.16. The lowest BCUT2D eigenvalue weighted by Gasteiger charge is -2.08. The molecule has 2 rings (SSSR count). The molecule has 5 nitrogen and oxygen atoms in total. The molecule has 2 heterocycles. The first-order valence-corrected chi connectivity index (χ1v) is 8.66. The zero-order chi connectivity index (χ0) is 15.6. The standard InChI is InChI=1S/C14H19N3O2S2/c1-4-7(2)5-9-8(3)21-13-11(9)12(19)16-14(17-13)20-6-10(15)18/h7H,4-6H2,1-3H3,(H2,15,18)(H,16,17,19)/t7-/m0/s1. The van der Waals surface area contributed by atoms with E-state index in [2.05, 4.69) is 23.8 Å². The van der Waals surface area contributed by atoms with Crippen molar-refractivity contribution in [2.45, 2.75) is 38.8 Å². The fourth-order valence-corrected chi connectivity index (χ4v) is 3.81. The van der Waals surface area contributed by atoms with Crippen LogP contribution in [0.3, 0.4) is 0 Å². The molecule has 7 heteroatoms. The van der Waals surface area contributed by atoms with Gasteiger partial charge in [-0.2, -0.15) is 0 Å². The summed E-state index contributed by atoms with van der Waals surface area (Å²) in [6.45, 7) is 6.36. The van der Waals surface area contributed by atoms with E-state index in [0.717, 1.165) is 39.9 Å². The van der Waals surface area contributed by atoms with E-state index in [1.165, 1.54) is 11.3 Å². The number of nitrogens with one attached hydrogen (secondary N) is 1. The van der Waals surface area contributed by atoms with Gasteiger partial charge in [0.25, 0.3) is 5.56 Å². The summed E-state index contributed by atoms with van der Waals surface area (Å²) >= 11 is 2.69. The molecular formula is C14H19N3O2S2. The summed E-state index contributed by atoms with van der Waals surface area (Å²) in [5.74, 6) is 0.214. The predicted molar refractivity (Wildman–Crippen MR) is 88.1 cm³/mol. The van der Waals surface area contributed by atoms with Crippen molar-refractivity contribution in [1.82, 2.24) is 9.97 Å². The van der Waals surface area contributed by atoms with E-state index in [0.29, 0.717) is 16.5 Å². The number of hydrogen-bond donors (Lipinski definition) is 2. The summed E-state index contributed by atoms with van der Waals surface area (Å²) in [6.07, 6.45) is 1.97. The minimum atomic E-state index is -0.428. The maximum Gasteiger partial charge on any atom is 0.260 e. The van der Waals surface area contributed by atoms with Gasteiger partial charge in [-0.05, 0) is 24.8 Å². The molecule has 21 heavy (non-hydrogen) atoms. The van der Waals surface area contributed by atoms with Gasteiger partial charge in [0.15, 0.2) is 5.16 Å². The number of rotatable bonds is 6. The molecule has 114 valence electrons. The monoisotopic (exact) mass is 325 g/mol. The van der Waals surface area contributed by atoms with E-state index < -0.39 is 5.91 Å². The Morgan fingerprint density at radius 1 is 1.52 bits per heavy atom. The van der Waals surface area contributed by atoms with E-state index in [1.54, 1.807) is 0 Å². The van der Waals surface area contributed by atoms with Crippen molar-refractivity contribution in [3.8, 4) is 0 Å². The number of primary amides is 1. The largest absolute Gasteiger partial charge is 0.369 e. The highest BCUT2D eigenvalue weighted by Gasteiger charge is 2.17. The lowest BCUT2D eigenvalue weighted by Crippen LogP contribution is -2.15. The number of thioether (sulfide) groups is 1. The Hall–Kier alpha value is -1.34. The molecule has 3 N–H and O–H groups in total. The van der Waals surface area contributed by atoms with Crippen molar-refractivity contribution in [2.75, 3.05) is 5.75 Å². The molecule has 0 fully saturated rings. The first-order chi connectivity index (χ1) is 9.92. The molecule has 0 aliphatic carbocycles. The summed E-state index contributed by atoms with van der Waals surface area (Å²) < 4.78 is 0. The molecule has 0 aromatic carbocycles. The van der Waals surface area contributed by atoms with Crippen molar-refractivity contribution in [1.29, 1.82) is 0 Å². The van der Waals surface area contributed by atoms with Crippen molar-refractivity contribution >= 4 is 39.2 Å². The van der Waals surface area contributed by atoms with Crippen LogP contribution in [-0.2, 0) is 11.2 Å². The molecule has 0 saturated carbocycles. The van der Waals surface area contributed by atoms with Crippen LogP contribution >= 0.6 is 23.1 Å².